The van der Waals surface area contributed by atoms with Crippen LogP contribution in [0.5, 0.6) is 11.5 Å². The number of ether oxygens (including phenoxy) is 3. The van der Waals surface area contributed by atoms with Gasteiger partial charge in [-0.25, -0.2) is 4.68 Å². The van der Waals surface area contributed by atoms with Crippen molar-refractivity contribution in [2.75, 3.05) is 39.2 Å². The van der Waals surface area contributed by atoms with E-state index in [-0.39, 0.29) is 18.9 Å². The molecule has 200 valence electrons. The van der Waals surface area contributed by atoms with Crippen LogP contribution in [0, 0.1) is 19.8 Å². The van der Waals surface area contributed by atoms with Gasteiger partial charge in [0.1, 0.15) is 0 Å². The molecule has 3 aromatic rings. The number of nitrogens with one attached hydrogen (secondary N) is 1. The lowest BCUT2D eigenvalue weighted by Crippen LogP contribution is -2.29. The Morgan fingerprint density at radius 2 is 1.79 bits per heavy atom. The number of likely N-dealkylation sites (tertiary alicyclic amines) is 1. The molecule has 1 aliphatic rings. The van der Waals surface area contributed by atoms with Crippen LogP contribution in [0.15, 0.2) is 48.5 Å². The number of methoxy groups -OCH3 is 2. The highest BCUT2D eigenvalue weighted by Crippen LogP contribution is 2.28. The Kier molecular flexibility index (Phi) is 8.30. The number of nitrogens with zero attached hydrogens (tertiary/aromatic N) is 3. The van der Waals surface area contributed by atoms with Gasteiger partial charge in [0.05, 0.1) is 42.9 Å². The second-order valence-corrected chi connectivity index (χ2v) is 9.13. The highest BCUT2D eigenvalue weighted by Gasteiger charge is 2.35. The quantitative estimate of drug-likeness (QED) is 0.409. The third-order valence-corrected chi connectivity index (χ3v) is 6.57. The van der Waals surface area contributed by atoms with E-state index in [0.29, 0.717) is 35.8 Å². The average Bonchev–Trinajstić information content (AvgIpc) is 3.44. The van der Waals surface area contributed by atoms with Crippen molar-refractivity contribution in [2.24, 2.45) is 5.92 Å². The maximum Gasteiger partial charge on any atom is 0.311 e. The molecule has 0 radical (unpaired) electrons. The molecule has 10 nitrogen and oxygen atoms in total. The summed E-state index contributed by atoms with van der Waals surface area (Å²) in [5.74, 6) is -0.491. The SMILES string of the molecule is COc1ccc(CCN2C[C@@H](C(=O)OCC(=O)Nc3c(C)nn(-c4ccccc4)c3C)CC2=O)cc1OC. The van der Waals surface area contributed by atoms with Crippen molar-refractivity contribution in [2.45, 2.75) is 26.7 Å². The zero-order chi connectivity index (χ0) is 27.2. The molecule has 10 heteroatoms. The molecule has 2 heterocycles. The highest BCUT2D eigenvalue weighted by atomic mass is 16.5. The summed E-state index contributed by atoms with van der Waals surface area (Å²) in [5.41, 5.74) is 3.85. The number of anilines is 1. The molecule has 1 atom stereocenters. The largest absolute Gasteiger partial charge is 0.493 e. The smallest absolute Gasteiger partial charge is 0.311 e. The summed E-state index contributed by atoms with van der Waals surface area (Å²) in [6.45, 7) is 3.94. The zero-order valence-electron chi connectivity index (χ0n) is 22.0. The third kappa shape index (κ3) is 5.96. The normalized spacial score (nSPS) is 14.9. The van der Waals surface area contributed by atoms with Gasteiger partial charge >= 0.3 is 5.97 Å². The van der Waals surface area contributed by atoms with Crippen molar-refractivity contribution < 1.29 is 28.6 Å². The molecule has 1 N–H and O–H groups in total. The van der Waals surface area contributed by atoms with Crippen LogP contribution in [0.1, 0.15) is 23.4 Å². The standard InChI is InChI=1S/C28H32N4O6/c1-18-27(19(2)32(30-18)22-8-6-5-7-9-22)29-25(33)17-38-28(35)21-15-26(34)31(16-21)13-12-20-10-11-23(36-3)24(14-20)37-4/h5-11,14,21H,12-13,15-17H2,1-4H3,(H,29,33)/t21-/m0/s1. The average molecular weight is 521 g/mol. The molecule has 2 aromatic carbocycles. The van der Waals surface area contributed by atoms with Gasteiger partial charge in [0.25, 0.3) is 5.91 Å². The summed E-state index contributed by atoms with van der Waals surface area (Å²) in [6, 6.07) is 15.2. The molecule has 38 heavy (non-hydrogen) atoms. The van der Waals surface area contributed by atoms with Crippen molar-refractivity contribution >= 4 is 23.5 Å². The van der Waals surface area contributed by atoms with Crippen LogP contribution in [0.4, 0.5) is 5.69 Å². The van der Waals surface area contributed by atoms with Crippen molar-refractivity contribution in [3.8, 4) is 17.2 Å². The van der Waals surface area contributed by atoms with E-state index in [1.165, 1.54) is 0 Å². The topological polar surface area (TPSA) is 112 Å². The number of carbonyl (C=O) groups is 3. The predicted molar refractivity (Wildman–Crippen MR) is 141 cm³/mol. The summed E-state index contributed by atoms with van der Waals surface area (Å²) >= 11 is 0. The van der Waals surface area contributed by atoms with E-state index >= 15 is 0 Å². The van der Waals surface area contributed by atoms with E-state index in [0.717, 1.165) is 16.9 Å². The van der Waals surface area contributed by atoms with Gasteiger partial charge in [0, 0.05) is 19.5 Å². The summed E-state index contributed by atoms with van der Waals surface area (Å²) in [5, 5.41) is 7.30. The molecule has 1 aromatic heterocycles. The fourth-order valence-electron chi connectivity index (χ4n) is 4.52. The lowest BCUT2D eigenvalue weighted by Gasteiger charge is -2.17. The van der Waals surface area contributed by atoms with Gasteiger partial charge < -0.3 is 24.4 Å². The first-order valence-corrected chi connectivity index (χ1v) is 12.4. The number of rotatable bonds is 10. The third-order valence-electron chi connectivity index (χ3n) is 6.57. The van der Waals surface area contributed by atoms with E-state index in [9.17, 15) is 14.4 Å². The number of carbonyl (C=O) groups excluding carboxylic acids is 3. The molecule has 0 aliphatic carbocycles. The van der Waals surface area contributed by atoms with E-state index in [1.54, 1.807) is 30.7 Å². The van der Waals surface area contributed by atoms with Crippen molar-refractivity contribution in [3.05, 3.63) is 65.5 Å². The van der Waals surface area contributed by atoms with E-state index in [2.05, 4.69) is 10.4 Å². The summed E-state index contributed by atoms with van der Waals surface area (Å²) < 4.78 is 17.6. The van der Waals surface area contributed by atoms with Crippen LogP contribution < -0.4 is 14.8 Å². The Morgan fingerprint density at radius 3 is 2.50 bits per heavy atom. The van der Waals surface area contributed by atoms with Crippen LogP contribution in [0.3, 0.4) is 0 Å². The van der Waals surface area contributed by atoms with Crippen molar-refractivity contribution in [1.82, 2.24) is 14.7 Å². The van der Waals surface area contributed by atoms with Gasteiger partial charge in [-0.1, -0.05) is 24.3 Å². The van der Waals surface area contributed by atoms with Crippen molar-refractivity contribution in [3.63, 3.8) is 0 Å². The van der Waals surface area contributed by atoms with Crippen LogP contribution in [0.25, 0.3) is 5.69 Å². The Labute approximate surface area is 221 Å². The maximum atomic E-state index is 12.6. The molecule has 0 bridgehead atoms. The number of aryl methyl sites for hydroxylation is 1. The number of amides is 2. The summed E-state index contributed by atoms with van der Waals surface area (Å²) in [4.78, 5) is 39.3. The Morgan fingerprint density at radius 1 is 1.05 bits per heavy atom. The van der Waals surface area contributed by atoms with Gasteiger partial charge in [-0.2, -0.15) is 5.10 Å². The first kappa shape index (κ1) is 26.7. The molecule has 0 unspecified atom stereocenters. The second kappa shape index (κ2) is 11.8. The van der Waals surface area contributed by atoms with Crippen LogP contribution in [-0.4, -0.2) is 66.4 Å². The Bertz CT molecular complexity index is 1320. The fraction of sp³-hybridized carbons (Fsp3) is 0.357. The second-order valence-electron chi connectivity index (χ2n) is 9.13. The first-order chi connectivity index (χ1) is 18.3. The minimum atomic E-state index is -0.606. The lowest BCUT2D eigenvalue weighted by molar-refractivity contribution is -0.151. The first-order valence-electron chi connectivity index (χ1n) is 12.4. The van der Waals surface area contributed by atoms with E-state index in [4.69, 9.17) is 14.2 Å². The molecule has 0 saturated carbocycles. The van der Waals surface area contributed by atoms with Crippen LogP contribution in [0.2, 0.25) is 0 Å². The number of para-hydroxylation sites is 1. The Hall–Kier alpha value is -4.34. The zero-order valence-corrected chi connectivity index (χ0v) is 22.0. The van der Waals surface area contributed by atoms with Gasteiger partial charge in [-0.15, -0.1) is 0 Å². The Balaban J connectivity index is 1.27. The van der Waals surface area contributed by atoms with Crippen LogP contribution >= 0.6 is 0 Å². The van der Waals surface area contributed by atoms with Gasteiger partial charge in [0.2, 0.25) is 5.91 Å². The minimum Gasteiger partial charge on any atom is -0.493 e. The fourth-order valence-corrected chi connectivity index (χ4v) is 4.52. The van der Waals surface area contributed by atoms with Crippen LogP contribution in [-0.2, 0) is 25.5 Å². The maximum absolute atomic E-state index is 12.6. The van der Waals surface area contributed by atoms with E-state index in [1.807, 2.05) is 55.5 Å². The molecular weight excluding hydrogens is 488 g/mol. The van der Waals surface area contributed by atoms with E-state index < -0.39 is 24.4 Å². The molecule has 1 aliphatic heterocycles. The highest BCUT2D eigenvalue weighted by molar-refractivity contribution is 5.94. The van der Waals surface area contributed by atoms with Gasteiger partial charge in [-0.05, 0) is 50.1 Å². The monoisotopic (exact) mass is 520 g/mol. The molecule has 4 rings (SSSR count). The number of aromatic nitrogens is 2. The molecular formula is C28H32N4O6. The van der Waals surface area contributed by atoms with Gasteiger partial charge in [0.15, 0.2) is 18.1 Å². The lowest BCUT2D eigenvalue weighted by atomic mass is 10.1. The molecule has 1 saturated heterocycles. The molecule has 1 fully saturated rings. The number of hydrogen-bond donors (Lipinski definition) is 1. The summed E-state index contributed by atoms with van der Waals surface area (Å²) in [6.07, 6.45) is 0.667. The number of esters is 1. The van der Waals surface area contributed by atoms with Gasteiger partial charge in [-0.3, -0.25) is 14.4 Å². The molecule has 2 amide bonds. The number of hydrogen-bond acceptors (Lipinski definition) is 7. The molecule has 0 spiro atoms. The summed E-state index contributed by atoms with van der Waals surface area (Å²) in [7, 11) is 3.15. The number of benzene rings is 2. The minimum absolute atomic E-state index is 0.0639. The predicted octanol–water partition coefficient (Wildman–Crippen LogP) is 3.08. The van der Waals surface area contributed by atoms with Crippen molar-refractivity contribution in [1.29, 1.82) is 0 Å².